The molecule has 0 heterocycles. The van der Waals surface area contributed by atoms with Gasteiger partial charge < -0.3 is 16.2 Å². The van der Waals surface area contributed by atoms with Crippen molar-refractivity contribution in [2.75, 3.05) is 23.9 Å². The molecule has 4 N–H and O–H groups in total. The van der Waals surface area contributed by atoms with Crippen LogP contribution in [0.1, 0.15) is 12.5 Å². The zero-order valence-corrected chi connectivity index (χ0v) is 11.5. The molecule has 0 aliphatic rings. The number of rotatable bonds is 5. The number of aliphatic hydroxyl groups excluding tert-OH is 1. The Hall–Kier alpha value is -1.08. The Labute approximate surface area is 114 Å². The van der Waals surface area contributed by atoms with E-state index in [1.54, 1.807) is 0 Å². The molecule has 108 valence electrons. The van der Waals surface area contributed by atoms with Crippen LogP contribution < -0.4 is 11.1 Å². The molecule has 0 aliphatic carbocycles. The van der Waals surface area contributed by atoms with Gasteiger partial charge in [0.25, 0.3) is 0 Å². The number of nitrogens with two attached hydrogens (primary N) is 1. The summed E-state index contributed by atoms with van der Waals surface area (Å²) in [6.45, 7) is 1.82. The average molecular weight is 294 g/mol. The van der Waals surface area contributed by atoms with E-state index in [9.17, 15) is 13.2 Å². The molecular formula is C12H17F3N2OS. The number of hydrogen-bond acceptors (Lipinski definition) is 4. The van der Waals surface area contributed by atoms with Crippen molar-refractivity contribution in [1.29, 1.82) is 0 Å². The number of benzene rings is 1. The van der Waals surface area contributed by atoms with Gasteiger partial charge in [-0.05, 0) is 31.4 Å². The molecule has 0 amide bonds. The molecule has 0 fully saturated rings. The minimum atomic E-state index is -4.40. The SMILES string of the molecule is CSC(CO)C(C)Nc1ccc(C(F)(F)F)cc1N. The molecule has 0 bridgehead atoms. The molecule has 0 saturated carbocycles. The molecule has 1 aromatic rings. The number of aliphatic hydroxyl groups is 1. The van der Waals surface area contributed by atoms with Gasteiger partial charge in [0.1, 0.15) is 0 Å². The van der Waals surface area contributed by atoms with Crippen LogP contribution in [0.2, 0.25) is 0 Å². The molecular weight excluding hydrogens is 277 g/mol. The zero-order chi connectivity index (χ0) is 14.6. The van der Waals surface area contributed by atoms with Crippen molar-refractivity contribution < 1.29 is 18.3 Å². The smallest absolute Gasteiger partial charge is 0.397 e. The predicted molar refractivity (Wildman–Crippen MR) is 73.3 cm³/mol. The Balaban J connectivity index is 2.86. The maximum atomic E-state index is 12.5. The Morgan fingerprint density at radius 2 is 2.05 bits per heavy atom. The van der Waals surface area contributed by atoms with Gasteiger partial charge in [-0.3, -0.25) is 0 Å². The number of anilines is 2. The largest absolute Gasteiger partial charge is 0.416 e. The Morgan fingerprint density at radius 3 is 2.47 bits per heavy atom. The highest BCUT2D eigenvalue weighted by Gasteiger charge is 2.31. The predicted octanol–water partition coefficient (Wildman–Crippen LogP) is 2.81. The van der Waals surface area contributed by atoms with Crippen molar-refractivity contribution >= 4 is 23.1 Å². The van der Waals surface area contributed by atoms with Gasteiger partial charge >= 0.3 is 6.18 Å². The summed E-state index contributed by atoms with van der Waals surface area (Å²) in [6.07, 6.45) is -2.54. The number of thioether (sulfide) groups is 1. The number of alkyl halides is 3. The summed E-state index contributed by atoms with van der Waals surface area (Å²) in [5.74, 6) is 0. The second kappa shape index (κ2) is 6.38. The molecule has 1 aromatic carbocycles. The van der Waals surface area contributed by atoms with Crippen LogP contribution in [-0.4, -0.2) is 29.3 Å². The van der Waals surface area contributed by atoms with E-state index in [-0.39, 0.29) is 23.6 Å². The first-order valence-corrected chi connectivity index (χ1v) is 6.95. The molecule has 3 nitrogen and oxygen atoms in total. The monoisotopic (exact) mass is 294 g/mol. The summed E-state index contributed by atoms with van der Waals surface area (Å²) in [4.78, 5) is 0. The van der Waals surface area contributed by atoms with Crippen molar-refractivity contribution in [1.82, 2.24) is 0 Å². The van der Waals surface area contributed by atoms with Crippen LogP contribution in [0.3, 0.4) is 0 Å². The third-order valence-corrected chi connectivity index (χ3v) is 3.97. The third kappa shape index (κ3) is 4.21. The van der Waals surface area contributed by atoms with Crippen LogP contribution in [0.4, 0.5) is 24.5 Å². The lowest BCUT2D eigenvalue weighted by Crippen LogP contribution is -2.31. The van der Waals surface area contributed by atoms with Crippen molar-refractivity contribution in [2.45, 2.75) is 24.4 Å². The molecule has 2 unspecified atom stereocenters. The lowest BCUT2D eigenvalue weighted by Gasteiger charge is -2.23. The fourth-order valence-electron chi connectivity index (χ4n) is 1.65. The van der Waals surface area contributed by atoms with Crippen LogP contribution in [0.25, 0.3) is 0 Å². The number of nitrogens with one attached hydrogen (secondary N) is 1. The molecule has 0 spiro atoms. The standard InChI is InChI=1S/C12H17F3N2OS/c1-7(11(6-18)19-2)17-10-4-3-8(5-9(10)16)12(13,14)15/h3-5,7,11,17-18H,6,16H2,1-2H3. The van der Waals surface area contributed by atoms with Gasteiger partial charge in [0.2, 0.25) is 0 Å². The van der Waals surface area contributed by atoms with Gasteiger partial charge in [0, 0.05) is 11.3 Å². The molecule has 7 heteroatoms. The van der Waals surface area contributed by atoms with Crippen molar-refractivity contribution in [3.8, 4) is 0 Å². The van der Waals surface area contributed by atoms with E-state index >= 15 is 0 Å². The van der Waals surface area contributed by atoms with Crippen LogP contribution in [0, 0.1) is 0 Å². The Kier molecular flexibility index (Phi) is 5.37. The van der Waals surface area contributed by atoms with Gasteiger partial charge in [0.15, 0.2) is 0 Å². The highest BCUT2D eigenvalue weighted by molar-refractivity contribution is 7.99. The van der Waals surface area contributed by atoms with E-state index in [0.29, 0.717) is 5.69 Å². The van der Waals surface area contributed by atoms with Crippen LogP contribution >= 0.6 is 11.8 Å². The molecule has 0 aromatic heterocycles. The first kappa shape index (κ1) is 16.0. The van der Waals surface area contributed by atoms with E-state index in [1.807, 2.05) is 13.2 Å². The van der Waals surface area contributed by atoms with Crippen molar-refractivity contribution in [3.05, 3.63) is 23.8 Å². The van der Waals surface area contributed by atoms with Crippen LogP contribution in [0.5, 0.6) is 0 Å². The van der Waals surface area contributed by atoms with Crippen molar-refractivity contribution in [2.24, 2.45) is 0 Å². The minimum absolute atomic E-state index is 0.0180. The lowest BCUT2D eigenvalue weighted by molar-refractivity contribution is -0.137. The van der Waals surface area contributed by atoms with Gasteiger partial charge in [-0.1, -0.05) is 0 Å². The fourth-order valence-corrected chi connectivity index (χ4v) is 2.27. The highest BCUT2D eigenvalue weighted by atomic mass is 32.2. The molecule has 2 atom stereocenters. The highest BCUT2D eigenvalue weighted by Crippen LogP contribution is 2.33. The van der Waals surface area contributed by atoms with Crippen LogP contribution in [0.15, 0.2) is 18.2 Å². The van der Waals surface area contributed by atoms with Gasteiger partial charge in [-0.15, -0.1) is 0 Å². The quantitative estimate of drug-likeness (QED) is 0.731. The number of halogens is 3. The summed E-state index contributed by atoms with van der Waals surface area (Å²) in [6, 6.07) is 3.09. The van der Waals surface area contributed by atoms with E-state index < -0.39 is 11.7 Å². The topological polar surface area (TPSA) is 58.3 Å². The van der Waals surface area contributed by atoms with E-state index in [2.05, 4.69) is 5.32 Å². The lowest BCUT2D eigenvalue weighted by atomic mass is 10.1. The Bertz CT molecular complexity index is 422. The van der Waals surface area contributed by atoms with Crippen LogP contribution in [-0.2, 0) is 6.18 Å². The summed E-state index contributed by atoms with van der Waals surface area (Å²) in [5, 5.41) is 12.1. The van der Waals surface area contributed by atoms with E-state index in [1.165, 1.54) is 17.8 Å². The van der Waals surface area contributed by atoms with Gasteiger partial charge in [0.05, 0.1) is 23.5 Å². The molecule has 0 aliphatic heterocycles. The van der Waals surface area contributed by atoms with Gasteiger partial charge in [-0.25, -0.2) is 0 Å². The first-order valence-electron chi connectivity index (χ1n) is 5.66. The number of hydrogen-bond donors (Lipinski definition) is 3. The fraction of sp³-hybridized carbons (Fsp3) is 0.500. The maximum absolute atomic E-state index is 12.5. The van der Waals surface area contributed by atoms with Gasteiger partial charge in [-0.2, -0.15) is 24.9 Å². The summed E-state index contributed by atoms with van der Waals surface area (Å²) in [5.41, 5.74) is 5.33. The molecule has 0 radical (unpaired) electrons. The summed E-state index contributed by atoms with van der Waals surface area (Å²) < 4.78 is 37.5. The maximum Gasteiger partial charge on any atom is 0.416 e. The van der Waals surface area contributed by atoms with Crippen molar-refractivity contribution in [3.63, 3.8) is 0 Å². The number of nitrogen functional groups attached to an aromatic ring is 1. The summed E-state index contributed by atoms with van der Waals surface area (Å²) >= 11 is 1.48. The molecule has 0 saturated heterocycles. The second-order valence-corrected chi connectivity index (χ2v) is 5.27. The van der Waals surface area contributed by atoms with E-state index in [0.717, 1.165) is 12.1 Å². The first-order chi connectivity index (χ1) is 8.79. The Morgan fingerprint density at radius 1 is 1.42 bits per heavy atom. The minimum Gasteiger partial charge on any atom is -0.397 e. The van der Waals surface area contributed by atoms with E-state index in [4.69, 9.17) is 10.8 Å². The third-order valence-electron chi connectivity index (χ3n) is 2.80. The normalized spacial score (nSPS) is 15.1. The molecule has 19 heavy (non-hydrogen) atoms. The molecule has 1 rings (SSSR count). The average Bonchev–Trinajstić information content (AvgIpc) is 2.32. The zero-order valence-electron chi connectivity index (χ0n) is 10.7. The summed E-state index contributed by atoms with van der Waals surface area (Å²) in [7, 11) is 0. The second-order valence-electron chi connectivity index (χ2n) is 4.19.